The van der Waals surface area contributed by atoms with Crippen molar-refractivity contribution in [1.82, 2.24) is 10.2 Å². The Balaban J connectivity index is 1.37. The number of amides is 1. The summed E-state index contributed by atoms with van der Waals surface area (Å²) in [6, 6.07) is 19.8. The molecule has 0 atom stereocenters. The molecule has 4 rings (SSSR count). The van der Waals surface area contributed by atoms with Gasteiger partial charge in [-0.3, -0.25) is 4.79 Å². The summed E-state index contributed by atoms with van der Waals surface area (Å²) in [6.07, 6.45) is 2.81. The van der Waals surface area contributed by atoms with Gasteiger partial charge in [-0.15, -0.1) is 10.2 Å². The van der Waals surface area contributed by atoms with Gasteiger partial charge in [-0.2, -0.15) is 0 Å². The van der Waals surface area contributed by atoms with E-state index in [1.165, 1.54) is 18.4 Å². The van der Waals surface area contributed by atoms with Gasteiger partial charge in [-0.1, -0.05) is 42.0 Å². The molecule has 1 saturated heterocycles. The van der Waals surface area contributed by atoms with Gasteiger partial charge in [-0.05, 0) is 49.6 Å². The van der Waals surface area contributed by atoms with Crippen molar-refractivity contribution in [1.29, 1.82) is 0 Å². The Kier molecular flexibility index (Phi) is 5.33. The second kappa shape index (κ2) is 8.21. The molecule has 3 aromatic rings. The number of hydrogen-bond donors (Lipinski definition) is 1. The van der Waals surface area contributed by atoms with E-state index in [0.29, 0.717) is 6.42 Å². The maximum atomic E-state index is 12.2. The van der Waals surface area contributed by atoms with Crippen LogP contribution in [0.4, 0.5) is 11.5 Å². The van der Waals surface area contributed by atoms with Crippen molar-refractivity contribution in [3.8, 4) is 11.3 Å². The van der Waals surface area contributed by atoms with Gasteiger partial charge in [0, 0.05) is 24.3 Å². The molecule has 0 radical (unpaired) electrons. The van der Waals surface area contributed by atoms with E-state index >= 15 is 0 Å². The molecule has 0 bridgehead atoms. The largest absolute Gasteiger partial charge is 0.355 e. The van der Waals surface area contributed by atoms with Crippen LogP contribution in [0.1, 0.15) is 24.0 Å². The molecule has 28 heavy (non-hydrogen) atoms. The number of hydrogen-bond acceptors (Lipinski definition) is 4. The van der Waals surface area contributed by atoms with Gasteiger partial charge in [-0.25, -0.2) is 0 Å². The maximum absolute atomic E-state index is 12.2. The Labute approximate surface area is 165 Å². The molecule has 0 unspecified atom stereocenters. The summed E-state index contributed by atoms with van der Waals surface area (Å²) in [6.45, 7) is 4.16. The topological polar surface area (TPSA) is 58.1 Å². The zero-order valence-corrected chi connectivity index (χ0v) is 16.1. The van der Waals surface area contributed by atoms with Crippen LogP contribution in [0.25, 0.3) is 11.3 Å². The molecule has 1 aliphatic heterocycles. The van der Waals surface area contributed by atoms with E-state index in [-0.39, 0.29) is 5.91 Å². The molecule has 0 aliphatic carbocycles. The van der Waals surface area contributed by atoms with Crippen LogP contribution in [-0.4, -0.2) is 29.2 Å². The van der Waals surface area contributed by atoms with E-state index in [1.807, 2.05) is 67.6 Å². The highest BCUT2D eigenvalue weighted by molar-refractivity contribution is 5.92. The molecular formula is C23H24N4O. The number of nitrogens with one attached hydrogen (secondary N) is 1. The van der Waals surface area contributed by atoms with Gasteiger partial charge in [0.2, 0.25) is 5.91 Å². The van der Waals surface area contributed by atoms with Gasteiger partial charge >= 0.3 is 0 Å². The fourth-order valence-electron chi connectivity index (χ4n) is 3.41. The third-order valence-corrected chi connectivity index (χ3v) is 5.03. The summed E-state index contributed by atoms with van der Waals surface area (Å²) in [7, 11) is 0. The van der Waals surface area contributed by atoms with Crippen LogP contribution in [0.5, 0.6) is 0 Å². The maximum Gasteiger partial charge on any atom is 0.228 e. The first-order chi connectivity index (χ1) is 13.7. The average Bonchev–Trinajstić information content (AvgIpc) is 3.25. The minimum absolute atomic E-state index is 0.0219. The molecule has 2 heterocycles. The molecule has 1 fully saturated rings. The highest BCUT2D eigenvalue weighted by Crippen LogP contribution is 2.22. The summed E-state index contributed by atoms with van der Waals surface area (Å²) in [5.74, 6) is 0.924. The fraction of sp³-hybridized carbons (Fsp3) is 0.261. The van der Waals surface area contributed by atoms with Crippen LogP contribution in [0.2, 0.25) is 0 Å². The highest BCUT2D eigenvalue weighted by atomic mass is 16.1. The normalized spacial score (nSPS) is 13.5. The van der Waals surface area contributed by atoms with Crippen LogP contribution >= 0.6 is 0 Å². The minimum Gasteiger partial charge on any atom is -0.355 e. The van der Waals surface area contributed by atoms with Crippen molar-refractivity contribution in [3.63, 3.8) is 0 Å². The Hall–Kier alpha value is -3.21. The standard InChI is InChI=1S/C23H24N4O/c1-17-4-6-18(7-5-17)16-23(28)24-20-10-8-19(9-11-20)21-12-13-22(26-25-21)27-14-2-3-15-27/h4-13H,2-3,14-16H2,1H3,(H,24,28). The van der Waals surface area contributed by atoms with E-state index in [4.69, 9.17) is 0 Å². The third kappa shape index (κ3) is 4.36. The first-order valence-corrected chi connectivity index (χ1v) is 9.72. The smallest absolute Gasteiger partial charge is 0.228 e. The zero-order valence-electron chi connectivity index (χ0n) is 16.1. The number of anilines is 2. The van der Waals surface area contributed by atoms with Crippen LogP contribution in [0.3, 0.4) is 0 Å². The van der Waals surface area contributed by atoms with Gasteiger partial charge in [0.25, 0.3) is 0 Å². The molecular weight excluding hydrogens is 348 g/mol. The van der Waals surface area contributed by atoms with E-state index in [2.05, 4.69) is 20.4 Å². The molecule has 1 aromatic heterocycles. The van der Waals surface area contributed by atoms with Crippen molar-refractivity contribution >= 4 is 17.4 Å². The molecule has 1 N–H and O–H groups in total. The molecule has 2 aromatic carbocycles. The number of aromatic nitrogens is 2. The van der Waals surface area contributed by atoms with Crippen molar-refractivity contribution in [3.05, 3.63) is 71.8 Å². The fourth-order valence-corrected chi connectivity index (χ4v) is 3.41. The number of carbonyl (C=O) groups excluding carboxylic acids is 1. The number of carbonyl (C=O) groups is 1. The zero-order chi connectivity index (χ0) is 19.3. The Morgan fingerprint density at radius 3 is 2.29 bits per heavy atom. The molecule has 0 spiro atoms. The van der Waals surface area contributed by atoms with E-state index in [0.717, 1.165) is 41.4 Å². The van der Waals surface area contributed by atoms with E-state index in [9.17, 15) is 4.79 Å². The summed E-state index contributed by atoms with van der Waals surface area (Å²) >= 11 is 0. The number of rotatable bonds is 5. The molecule has 1 amide bonds. The number of benzene rings is 2. The molecule has 1 aliphatic rings. The van der Waals surface area contributed by atoms with Crippen molar-refractivity contribution in [2.45, 2.75) is 26.2 Å². The quantitative estimate of drug-likeness (QED) is 0.728. The van der Waals surface area contributed by atoms with E-state index < -0.39 is 0 Å². The Bertz CT molecular complexity index is 928. The summed E-state index contributed by atoms with van der Waals surface area (Å²) in [5, 5.41) is 11.7. The SMILES string of the molecule is Cc1ccc(CC(=O)Nc2ccc(-c3ccc(N4CCCC4)nn3)cc2)cc1. The second-order valence-corrected chi connectivity index (χ2v) is 7.26. The van der Waals surface area contributed by atoms with Gasteiger partial charge in [0.15, 0.2) is 5.82 Å². The van der Waals surface area contributed by atoms with Crippen LogP contribution < -0.4 is 10.2 Å². The molecule has 142 valence electrons. The van der Waals surface area contributed by atoms with Gasteiger partial charge in [0.05, 0.1) is 12.1 Å². The molecule has 5 nitrogen and oxygen atoms in total. The lowest BCUT2D eigenvalue weighted by molar-refractivity contribution is -0.115. The third-order valence-electron chi connectivity index (χ3n) is 5.03. The van der Waals surface area contributed by atoms with Crippen LogP contribution in [0.15, 0.2) is 60.7 Å². The number of aryl methyl sites for hydroxylation is 1. The minimum atomic E-state index is -0.0219. The van der Waals surface area contributed by atoms with Crippen LogP contribution in [0, 0.1) is 6.92 Å². The van der Waals surface area contributed by atoms with E-state index in [1.54, 1.807) is 0 Å². The Morgan fingerprint density at radius 2 is 1.64 bits per heavy atom. The lowest BCUT2D eigenvalue weighted by Crippen LogP contribution is -2.19. The Morgan fingerprint density at radius 1 is 0.929 bits per heavy atom. The first kappa shape index (κ1) is 18.2. The molecule has 5 heteroatoms. The van der Waals surface area contributed by atoms with Crippen molar-refractivity contribution in [2.24, 2.45) is 0 Å². The lowest BCUT2D eigenvalue weighted by Gasteiger charge is -2.15. The predicted octanol–water partition coefficient (Wildman–Crippen LogP) is 4.23. The van der Waals surface area contributed by atoms with Gasteiger partial charge < -0.3 is 10.2 Å². The lowest BCUT2D eigenvalue weighted by atomic mass is 10.1. The first-order valence-electron chi connectivity index (χ1n) is 9.72. The second-order valence-electron chi connectivity index (χ2n) is 7.26. The predicted molar refractivity (Wildman–Crippen MR) is 112 cm³/mol. The van der Waals surface area contributed by atoms with Gasteiger partial charge in [0.1, 0.15) is 0 Å². The monoisotopic (exact) mass is 372 g/mol. The summed E-state index contributed by atoms with van der Waals surface area (Å²) in [5.41, 5.74) is 4.80. The summed E-state index contributed by atoms with van der Waals surface area (Å²) in [4.78, 5) is 14.5. The highest BCUT2D eigenvalue weighted by Gasteiger charge is 2.14. The average molecular weight is 372 g/mol. The summed E-state index contributed by atoms with van der Waals surface area (Å²) < 4.78 is 0. The van der Waals surface area contributed by atoms with Crippen LogP contribution in [-0.2, 0) is 11.2 Å². The van der Waals surface area contributed by atoms with Crippen molar-refractivity contribution < 1.29 is 4.79 Å². The van der Waals surface area contributed by atoms with Crippen molar-refractivity contribution in [2.75, 3.05) is 23.3 Å². The molecule has 0 saturated carbocycles. The number of nitrogens with zero attached hydrogens (tertiary/aromatic N) is 3.